The highest BCUT2D eigenvalue weighted by atomic mass is 31.2. The van der Waals surface area contributed by atoms with Crippen LogP contribution in [0.4, 0.5) is 17.1 Å². The summed E-state index contributed by atoms with van der Waals surface area (Å²) in [6, 6.07) is 13.3. The van der Waals surface area contributed by atoms with E-state index in [1.54, 1.807) is 6.07 Å². The summed E-state index contributed by atoms with van der Waals surface area (Å²) in [5.74, 6) is -0.0513. The number of carbonyl (C=O) groups excluding carboxylic acids is 1. The Labute approximate surface area is 158 Å². The van der Waals surface area contributed by atoms with Gasteiger partial charge >= 0.3 is 7.60 Å². The SMILES string of the molecule is CCN(CCNC(C)=O)c1ccc(N=Nc2cccc(P(=O)(O)O)c2)cc1. The highest BCUT2D eigenvalue weighted by molar-refractivity contribution is 7.60. The number of anilines is 1. The highest BCUT2D eigenvalue weighted by Crippen LogP contribution is 2.34. The number of rotatable bonds is 8. The minimum absolute atomic E-state index is 0.0513. The second-order valence-electron chi connectivity index (χ2n) is 5.84. The molecule has 3 N–H and O–H groups in total. The molecule has 0 aliphatic carbocycles. The number of hydrogen-bond acceptors (Lipinski definition) is 5. The fourth-order valence-electron chi connectivity index (χ4n) is 2.42. The van der Waals surface area contributed by atoms with Gasteiger partial charge in [0.25, 0.3) is 0 Å². The van der Waals surface area contributed by atoms with E-state index >= 15 is 0 Å². The van der Waals surface area contributed by atoms with Gasteiger partial charge in [-0.05, 0) is 49.4 Å². The summed E-state index contributed by atoms with van der Waals surface area (Å²) < 4.78 is 11.3. The molecule has 0 fully saturated rings. The first-order valence-corrected chi connectivity index (χ1v) is 10.1. The molecule has 0 aliphatic rings. The maximum absolute atomic E-state index is 11.3. The van der Waals surface area contributed by atoms with E-state index in [0.29, 0.717) is 24.5 Å². The van der Waals surface area contributed by atoms with E-state index in [9.17, 15) is 19.1 Å². The molecule has 0 heterocycles. The van der Waals surface area contributed by atoms with E-state index in [-0.39, 0.29) is 11.2 Å². The number of benzene rings is 2. The van der Waals surface area contributed by atoms with Gasteiger partial charge in [0.2, 0.25) is 5.91 Å². The van der Waals surface area contributed by atoms with Crippen molar-refractivity contribution in [3.8, 4) is 0 Å². The second kappa shape index (κ2) is 9.41. The Hall–Kier alpha value is -2.54. The molecule has 1 amide bonds. The number of nitrogens with zero attached hydrogens (tertiary/aromatic N) is 3. The Morgan fingerprint density at radius 3 is 2.37 bits per heavy atom. The molecule has 0 radical (unpaired) electrons. The van der Waals surface area contributed by atoms with Crippen LogP contribution in [0.15, 0.2) is 58.8 Å². The zero-order chi connectivity index (χ0) is 19.9. The number of carbonyl (C=O) groups is 1. The molecule has 2 rings (SSSR count). The van der Waals surface area contributed by atoms with Crippen LogP contribution in [-0.2, 0) is 9.36 Å². The highest BCUT2D eigenvalue weighted by Gasteiger charge is 2.16. The van der Waals surface area contributed by atoms with Gasteiger partial charge in [-0.3, -0.25) is 9.36 Å². The maximum Gasteiger partial charge on any atom is 0.356 e. The van der Waals surface area contributed by atoms with E-state index in [1.165, 1.54) is 25.1 Å². The largest absolute Gasteiger partial charge is 0.370 e. The average molecular weight is 390 g/mol. The number of azo groups is 1. The Balaban J connectivity index is 2.05. The molecule has 0 aromatic heterocycles. The molecular weight excluding hydrogens is 367 g/mol. The van der Waals surface area contributed by atoms with Gasteiger partial charge in [-0.2, -0.15) is 10.2 Å². The van der Waals surface area contributed by atoms with Gasteiger partial charge in [0.1, 0.15) is 0 Å². The van der Waals surface area contributed by atoms with Gasteiger partial charge in [-0.1, -0.05) is 6.07 Å². The monoisotopic (exact) mass is 390 g/mol. The zero-order valence-corrected chi connectivity index (χ0v) is 16.1. The fourth-order valence-corrected chi connectivity index (χ4v) is 3.00. The summed E-state index contributed by atoms with van der Waals surface area (Å²) in [6.07, 6.45) is 0. The van der Waals surface area contributed by atoms with Crippen molar-refractivity contribution in [2.24, 2.45) is 10.2 Å². The van der Waals surface area contributed by atoms with Crippen LogP contribution in [0, 0.1) is 0 Å². The topological polar surface area (TPSA) is 115 Å². The second-order valence-corrected chi connectivity index (χ2v) is 7.45. The summed E-state index contributed by atoms with van der Waals surface area (Å²) in [5.41, 5.74) is 1.99. The minimum atomic E-state index is -4.31. The Kier molecular flexibility index (Phi) is 7.24. The van der Waals surface area contributed by atoms with Gasteiger partial charge in [0, 0.05) is 32.2 Å². The van der Waals surface area contributed by atoms with E-state index < -0.39 is 7.60 Å². The number of likely N-dealkylation sites (N-methyl/N-ethyl adjacent to an activating group) is 1. The van der Waals surface area contributed by atoms with Crippen LogP contribution in [0.25, 0.3) is 0 Å². The van der Waals surface area contributed by atoms with Crippen molar-refractivity contribution in [3.63, 3.8) is 0 Å². The van der Waals surface area contributed by atoms with E-state index in [1.807, 2.05) is 31.2 Å². The van der Waals surface area contributed by atoms with Crippen molar-refractivity contribution in [3.05, 3.63) is 48.5 Å². The van der Waals surface area contributed by atoms with Crippen LogP contribution < -0.4 is 15.5 Å². The first-order chi connectivity index (χ1) is 12.8. The standard InChI is InChI=1S/C18H23N4O4P/c1-3-22(12-11-19-14(2)23)17-9-7-15(8-10-17)20-21-16-5-4-6-18(13-16)27(24,25)26/h4-10,13H,3,11-12H2,1-2H3,(H,19,23)(H2,24,25,26). The quantitative estimate of drug-likeness (QED) is 0.474. The third kappa shape index (κ3) is 6.60. The van der Waals surface area contributed by atoms with Crippen LogP contribution in [0.1, 0.15) is 13.8 Å². The summed E-state index contributed by atoms with van der Waals surface area (Å²) in [6.45, 7) is 5.60. The predicted octanol–water partition coefficient (Wildman–Crippen LogP) is 2.87. The first-order valence-electron chi connectivity index (χ1n) is 8.47. The van der Waals surface area contributed by atoms with Crippen molar-refractivity contribution in [2.45, 2.75) is 13.8 Å². The van der Waals surface area contributed by atoms with Crippen LogP contribution >= 0.6 is 7.60 Å². The normalized spacial score (nSPS) is 11.6. The summed E-state index contributed by atoms with van der Waals surface area (Å²) in [4.78, 5) is 31.5. The zero-order valence-electron chi connectivity index (χ0n) is 15.2. The molecule has 0 atom stereocenters. The molecule has 2 aromatic rings. The van der Waals surface area contributed by atoms with Crippen molar-refractivity contribution in [1.29, 1.82) is 0 Å². The molecule has 8 nitrogen and oxygen atoms in total. The lowest BCUT2D eigenvalue weighted by molar-refractivity contribution is -0.118. The van der Waals surface area contributed by atoms with Crippen LogP contribution in [0.5, 0.6) is 0 Å². The van der Waals surface area contributed by atoms with Crippen molar-refractivity contribution in [1.82, 2.24) is 5.32 Å². The van der Waals surface area contributed by atoms with Crippen LogP contribution in [0.2, 0.25) is 0 Å². The molecule has 9 heteroatoms. The molecule has 144 valence electrons. The Bertz CT molecular complexity index is 849. The lowest BCUT2D eigenvalue weighted by atomic mass is 10.2. The van der Waals surface area contributed by atoms with E-state index in [4.69, 9.17) is 0 Å². The molecule has 0 spiro atoms. The first kappa shape index (κ1) is 20.8. The molecule has 0 unspecified atom stereocenters. The Morgan fingerprint density at radius 2 is 1.78 bits per heavy atom. The van der Waals surface area contributed by atoms with Gasteiger partial charge in [0.05, 0.1) is 16.7 Å². The molecule has 0 saturated heterocycles. The summed E-state index contributed by atoms with van der Waals surface area (Å²) >= 11 is 0. The van der Waals surface area contributed by atoms with Gasteiger partial charge in [-0.25, -0.2) is 0 Å². The Morgan fingerprint density at radius 1 is 1.11 bits per heavy atom. The third-order valence-corrected chi connectivity index (χ3v) is 4.75. The molecule has 0 saturated carbocycles. The smallest absolute Gasteiger partial charge is 0.356 e. The van der Waals surface area contributed by atoms with Crippen molar-refractivity contribution in [2.75, 3.05) is 24.5 Å². The molecule has 0 aliphatic heterocycles. The average Bonchev–Trinajstić information content (AvgIpc) is 2.63. The minimum Gasteiger partial charge on any atom is -0.370 e. The van der Waals surface area contributed by atoms with E-state index in [0.717, 1.165) is 12.2 Å². The predicted molar refractivity (Wildman–Crippen MR) is 105 cm³/mol. The van der Waals surface area contributed by atoms with Crippen LogP contribution in [0.3, 0.4) is 0 Å². The van der Waals surface area contributed by atoms with Gasteiger partial charge in [-0.15, -0.1) is 0 Å². The molecular formula is C18H23N4O4P. The van der Waals surface area contributed by atoms with Crippen molar-refractivity contribution >= 4 is 35.9 Å². The number of hydrogen-bond donors (Lipinski definition) is 3. The lowest BCUT2D eigenvalue weighted by Gasteiger charge is -2.23. The van der Waals surface area contributed by atoms with Crippen LogP contribution in [-0.4, -0.2) is 35.3 Å². The molecule has 2 aromatic carbocycles. The lowest BCUT2D eigenvalue weighted by Crippen LogP contribution is -2.33. The van der Waals surface area contributed by atoms with Gasteiger partial charge < -0.3 is 20.0 Å². The summed E-state index contributed by atoms with van der Waals surface area (Å²) in [5, 5.41) is 10.8. The van der Waals surface area contributed by atoms with E-state index in [2.05, 4.69) is 20.4 Å². The number of nitrogens with one attached hydrogen (secondary N) is 1. The van der Waals surface area contributed by atoms with Crippen molar-refractivity contribution < 1.29 is 19.1 Å². The summed E-state index contributed by atoms with van der Waals surface area (Å²) in [7, 11) is -4.31. The molecule has 0 bridgehead atoms. The third-order valence-electron chi connectivity index (χ3n) is 3.80. The van der Waals surface area contributed by atoms with Gasteiger partial charge in [0.15, 0.2) is 0 Å². The molecule has 27 heavy (non-hydrogen) atoms. The fraction of sp³-hybridized carbons (Fsp3) is 0.278. The maximum atomic E-state index is 11.3. The number of amides is 1.